The van der Waals surface area contributed by atoms with Gasteiger partial charge in [-0.1, -0.05) is 0 Å². The van der Waals surface area contributed by atoms with Crippen molar-refractivity contribution in [2.75, 3.05) is 0 Å². The van der Waals surface area contributed by atoms with Crippen molar-refractivity contribution in [1.82, 2.24) is 0 Å². The van der Waals surface area contributed by atoms with Crippen LogP contribution in [-0.2, 0) is 15.6 Å². The van der Waals surface area contributed by atoms with Gasteiger partial charge in [-0.15, -0.1) is 0 Å². The van der Waals surface area contributed by atoms with Gasteiger partial charge in [-0.05, 0) is 0 Å². The normalized spacial score (nSPS) is 18.4. The summed E-state index contributed by atoms with van der Waals surface area (Å²) < 4.78 is 0.148. The molecule has 0 aliphatic heterocycles. The van der Waals surface area contributed by atoms with E-state index in [2.05, 4.69) is 157 Å². The molecule has 0 fully saturated rings. The van der Waals surface area contributed by atoms with Crippen molar-refractivity contribution in [3.63, 3.8) is 0 Å². The summed E-state index contributed by atoms with van der Waals surface area (Å²) in [6.45, 7) is 16.4. The third-order valence-electron chi connectivity index (χ3n) is 11.0. The minimum absolute atomic E-state index is 0.0687. The van der Waals surface area contributed by atoms with E-state index in [0.29, 0.717) is 5.92 Å². The van der Waals surface area contributed by atoms with Gasteiger partial charge < -0.3 is 0 Å². The van der Waals surface area contributed by atoms with Crippen LogP contribution in [0.2, 0.25) is 13.1 Å². The van der Waals surface area contributed by atoms with Crippen LogP contribution in [0, 0.1) is 19.8 Å². The summed E-state index contributed by atoms with van der Waals surface area (Å²) in [4.78, 5) is 0. The fraction of sp³-hybridized carbons (Fsp3) is 0.238. The average Bonchev–Trinajstić information content (AvgIpc) is 3.61. The quantitative estimate of drug-likeness (QED) is 0.152. The number of rotatable bonds is 6. The zero-order valence-electron chi connectivity index (χ0n) is 28.0. The fourth-order valence-electron chi connectivity index (χ4n) is 8.86. The van der Waals surface area contributed by atoms with Gasteiger partial charge >= 0.3 is 286 Å². The van der Waals surface area contributed by atoms with Crippen LogP contribution < -0.4 is 0 Å². The van der Waals surface area contributed by atoms with Gasteiger partial charge in [-0.2, -0.15) is 0 Å². The van der Waals surface area contributed by atoms with Crippen LogP contribution in [0.25, 0.3) is 45.2 Å². The van der Waals surface area contributed by atoms with Gasteiger partial charge in [0, 0.05) is 0 Å². The number of fused-ring (bicyclic) bond motifs is 3. The van der Waals surface area contributed by atoms with Crippen molar-refractivity contribution in [2.24, 2.45) is 5.92 Å². The summed E-state index contributed by atoms with van der Waals surface area (Å²) in [7, 11) is 17.4. The van der Waals surface area contributed by atoms with Crippen LogP contribution >= 0.6 is 17.0 Å². The molecule has 0 N–H and O–H groups in total. The Bertz CT molecular complexity index is 2080. The molecule has 0 saturated carbocycles. The Labute approximate surface area is 284 Å². The molecule has 5 aromatic carbocycles. The van der Waals surface area contributed by atoms with E-state index in [1.165, 1.54) is 77.6 Å². The molecule has 2 aliphatic carbocycles. The molecule has 7 rings (SSSR count). The van der Waals surface area contributed by atoms with E-state index in [4.69, 9.17) is 17.0 Å². The number of halogens is 2. The van der Waals surface area contributed by atoms with Crippen molar-refractivity contribution in [2.45, 2.75) is 55.0 Å². The summed E-state index contributed by atoms with van der Waals surface area (Å²) in [6, 6.07) is 35.5. The zero-order valence-corrected chi connectivity index (χ0v) is 33.1. The molecule has 2 unspecified atom stereocenters. The molecule has 5 aromatic rings. The van der Waals surface area contributed by atoms with Crippen LogP contribution in [0.4, 0.5) is 0 Å². The summed E-state index contributed by atoms with van der Waals surface area (Å²) in [6.07, 6.45) is 4.93. The maximum atomic E-state index is 8.69. The molecule has 0 saturated heterocycles. The molecule has 2 aliphatic rings. The van der Waals surface area contributed by atoms with Gasteiger partial charge in [0.2, 0.25) is 0 Å². The molecule has 0 spiro atoms. The number of hydrogen-bond acceptors (Lipinski definition) is 0. The molecular weight excluding hydrogens is 695 g/mol. The standard InChI is InChI=1S/C22H19.C18H17.C2H7Si.2ClH.Zr/c1-14-11-20-15(2)13-16(3)22(21(20)12-14)19-10-6-8-17-7-4-5-9-18(17)19;1-13(2)16-11-15-9-6-10-17(18(15)12-16)14-7-4-3-5-8-14;1-3-2;;;/h4-13H,1-3H3;3-13H,1-2H3;3H,1-2H3;2*1H;/q;;;;;+2/p-2. The number of allylic oxidation sites excluding steroid dienone is 2. The van der Waals surface area contributed by atoms with Gasteiger partial charge in [-0.3, -0.25) is 0 Å². The zero-order chi connectivity index (χ0) is 32.6. The number of hydrogen-bond donors (Lipinski definition) is 0. The third kappa shape index (κ3) is 4.69. The van der Waals surface area contributed by atoms with Crippen LogP contribution in [0.3, 0.4) is 0 Å². The van der Waals surface area contributed by atoms with Crippen LogP contribution in [0.15, 0.2) is 108 Å². The number of aryl methyl sites for hydroxylation is 2. The van der Waals surface area contributed by atoms with E-state index in [1.54, 1.807) is 0 Å². The predicted molar refractivity (Wildman–Crippen MR) is 203 cm³/mol. The van der Waals surface area contributed by atoms with Gasteiger partial charge in [-0.25, -0.2) is 0 Å². The van der Waals surface area contributed by atoms with Crippen molar-refractivity contribution in [1.29, 1.82) is 0 Å². The van der Waals surface area contributed by atoms with Crippen LogP contribution in [0.1, 0.15) is 61.4 Å². The number of benzene rings is 5. The Morgan fingerprint density at radius 2 is 1.33 bits per heavy atom. The van der Waals surface area contributed by atoms with E-state index < -0.39 is 21.5 Å². The Morgan fingerprint density at radius 3 is 2.04 bits per heavy atom. The van der Waals surface area contributed by atoms with Crippen LogP contribution in [0.5, 0.6) is 0 Å². The Hall–Kier alpha value is -2.48. The van der Waals surface area contributed by atoms with Crippen molar-refractivity contribution in [3.8, 4) is 22.3 Å². The minimum atomic E-state index is -4.87. The summed E-state index contributed by atoms with van der Waals surface area (Å²) >= 11 is -4.87. The summed E-state index contributed by atoms with van der Waals surface area (Å²) in [5, 5.41) is 2.55. The second-order valence-corrected chi connectivity index (χ2v) is 56.9. The Balaban J connectivity index is 1.50. The van der Waals surface area contributed by atoms with E-state index in [1.807, 2.05) is 0 Å². The van der Waals surface area contributed by atoms with Crippen LogP contribution in [-0.4, -0.2) is 5.92 Å². The molecule has 2 atom stereocenters. The topological polar surface area (TPSA) is 0 Å². The molecule has 4 heteroatoms. The van der Waals surface area contributed by atoms with Gasteiger partial charge in [0.15, 0.2) is 0 Å². The molecule has 0 radical (unpaired) electrons. The second-order valence-electron chi connectivity index (χ2n) is 14.3. The van der Waals surface area contributed by atoms with E-state index >= 15 is 0 Å². The van der Waals surface area contributed by atoms with Crippen molar-refractivity contribution >= 4 is 45.9 Å². The van der Waals surface area contributed by atoms with Gasteiger partial charge in [0.1, 0.15) is 0 Å². The first-order valence-corrected chi connectivity index (χ1v) is 33.0. The van der Waals surface area contributed by atoms with Crippen molar-refractivity contribution < 1.29 is 15.6 Å². The van der Waals surface area contributed by atoms with Gasteiger partial charge in [0.25, 0.3) is 0 Å². The monoisotopic (exact) mass is 735 g/mol. The van der Waals surface area contributed by atoms with Gasteiger partial charge in [0.05, 0.1) is 0 Å². The molecule has 46 heavy (non-hydrogen) atoms. The predicted octanol–water partition coefficient (Wildman–Crippen LogP) is 13.0. The molecular formula is C42H43Cl2SiZr. The first-order chi connectivity index (χ1) is 21.9. The maximum absolute atomic E-state index is 8.69. The summed E-state index contributed by atoms with van der Waals surface area (Å²) in [5.74, 6) is -1.31. The van der Waals surface area contributed by atoms with E-state index in [-0.39, 0.29) is 7.25 Å². The summed E-state index contributed by atoms with van der Waals surface area (Å²) in [5.41, 5.74) is 15.9. The van der Waals surface area contributed by atoms with Crippen molar-refractivity contribution in [3.05, 3.63) is 142 Å². The molecule has 0 bridgehead atoms. The SMILES string of the molecule is CC1=Cc2c(-c3cccc4ccccc34)c(C)cc(C)c2[CH]1[Zr]([Cl])([Cl])([CH]1C(C(C)C)=Cc2c(-c3ccccc3)cccc21)[SiH](C)C. The fourth-order valence-corrected chi connectivity index (χ4v) is 41.1. The Kier molecular flexibility index (Phi) is 8.09. The molecule has 0 aromatic heterocycles. The first-order valence-electron chi connectivity index (χ1n) is 16.7. The first kappa shape index (κ1) is 32.1. The third-order valence-corrected chi connectivity index (χ3v) is 63.0. The molecule has 233 valence electrons. The molecule has 0 amide bonds. The second kappa shape index (κ2) is 11.6. The van der Waals surface area contributed by atoms with E-state index in [0.717, 1.165) is 0 Å². The molecule has 0 heterocycles. The molecule has 0 nitrogen and oxygen atoms in total. The Morgan fingerprint density at radius 1 is 0.674 bits per heavy atom. The van der Waals surface area contributed by atoms with E-state index in [9.17, 15) is 0 Å². The average molecular weight is 738 g/mol.